The van der Waals surface area contributed by atoms with Crippen molar-refractivity contribution in [3.05, 3.63) is 64.7 Å². The van der Waals surface area contributed by atoms with Gasteiger partial charge < -0.3 is 4.74 Å². The highest BCUT2D eigenvalue weighted by atomic mass is 35.5. The van der Waals surface area contributed by atoms with Crippen molar-refractivity contribution in [2.45, 2.75) is 0 Å². The standard InChI is InChI=1S/C21H22ClN3O3/c22-16-5-7-17(8-6-16)28-14-13-23-9-11-24(12-10-23)15-25-20(26)18-3-1-2-4-19(18)21(25)27/h1-8H,9-15H2. The lowest BCUT2D eigenvalue weighted by molar-refractivity contribution is 0.0443. The van der Waals surface area contributed by atoms with Crippen molar-refractivity contribution in [1.82, 2.24) is 14.7 Å². The summed E-state index contributed by atoms with van der Waals surface area (Å²) >= 11 is 5.87. The van der Waals surface area contributed by atoms with Gasteiger partial charge in [-0.1, -0.05) is 23.7 Å². The van der Waals surface area contributed by atoms with Crippen LogP contribution in [0.4, 0.5) is 0 Å². The first-order chi connectivity index (χ1) is 13.6. The number of benzene rings is 2. The summed E-state index contributed by atoms with van der Waals surface area (Å²) in [6.07, 6.45) is 0. The molecular formula is C21H22ClN3O3. The van der Waals surface area contributed by atoms with Gasteiger partial charge in [0, 0.05) is 37.7 Å². The van der Waals surface area contributed by atoms with Crippen LogP contribution in [-0.2, 0) is 0 Å². The molecule has 0 radical (unpaired) electrons. The average Bonchev–Trinajstić information content (AvgIpc) is 2.96. The third kappa shape index (κ3) is 4.04. The van der Waals surface area contributed by atoms with Gasteiger partial charge in [-0.3, -0.25) is 24.3 Å². The Morgan fingerprint density at radius 3 is 2.00 bits per heavy atom. The van der Waals surface area contributed by atoms with Gasteiger partial charge in [0.25, 0.3) is 11.8 Å². The normalized spacial score (nSPS) is 17.8. The highest BCUT2D eigenvalue weighted by Crippen LogP contribution is 2.23. The van der Waals surface area contributed by atoms with E-state index in [9.17, 15) is 9.59 Å². The molecule has 2 aliphatic rings. The van der Waals surface area contributed by atoms with E-state index in [1.54, 1.807) is 24.3 Å². The summed E-state index contributed by atoms with van der Waals surface area (Å²) < 4.78 is 5.75. The molecule has 2 aromatic rings. The molecule has 1 fully saturated rings. The molecule has 2 aromatic carbocycles. The molecule has 0 bridgehead atoms. The van der Waals surface area contributed by atoms with Crippen LogP contribution in [0.15, 0.2) is 48.5 Å². The van der Waals surface area contributed by atoms with Crippen LogP contribution in [0.2, 0.25) is 5.02 Å². The first kappa shape index (κ1) is 18.9. The maximum absolute atomic E-state index is 12.5. The van der Waals surface area contributed by atoms with Crippen LogP contribution in [0.25, 0.3) is 0 Å². The van der Waals surface area contributed by atoms with Gasteiger partial charge in [0.1, 0.15) is 12.4 Å². The van der Waals surface area contributed by atoms with Crippen LogP contribution >= 0.6 is 11.6 Å². The Morgan fingerprint density at radius 1 is 0.821 bits per heavy atom. The smallest absolute Gasteiger partial charge is 0.262 e. The topological polar surface area (TPSA) is 53.1 Å². The number of piperazine rings is 1. The van der Waals surface area contributed by atoms with Crippen LogP contribution in [-0.4, -0.2) is 72.5 Å². The van der Waals surface area contributed by atoms with Crippen molar-refractivity contribution in [3.63, 3.8) is 0 Å². The molecule has 0 aliphatic carbocycles. The van der Waals surface area contributed by atoms with Crippen molar-refractivity contribution in [3.8, 4) is 5.75 Å². The minimum Gasteiger partial charge on any atom is -0.492 e. The summed E-state index contributed by atoms with van der Waals surface area (Å²) in [5.74, 6) is 0.424. The number of carbonyl (C=O) groups excluding carboxylic acids is 2. The summed E-state index contributed by atoms with van der Waals surface area (Å²) in [6.45, 7) is 5.19. The molecule has 7 heteroatoms. The quantitative estimate of drug-likeness (QED) is 0.699. The molecule has 0 aromatic heterocycles. The van der Waals surface area contributed by atoms with E-state index < -0.39 is 0 Å². The fraction of sp³-hybridized carbons (Fsp3) is 0.333. The predicted octanol–water partition coefficient (Wildman–Crippen LogP) is 2.59. The van der Waals surface area contributed by atoms with Gasteiger partial charge in [0.05, 0.1) is 17.8 Å². The fourth-order valence-corrected chi connectivity index (χ4v) is 3.67. The second-order valence-electron chi connectivity index (χ2n) is 6.99. The van der Waals surface area contributed by atoms with E-state index in [2.05, 4.69) is 9.80 Å². The molecule has 1 saturated heterocycles. The van der Waals surface area contributed by atoms with Crippen molar-refractivity contribution in [2.24, 2.45) is 0 Å². The number of hydrogen-bond donors (Lipinski definition) is 0. The number of hydrogen-bond acceptors (Lipinski definition) is 5. The highest BCUT2D eigenvalue weighted by molar-refractivity contribution is 6.30. The summed E-state index contributed by atoms with van der Waals surface area (Å²) in [6, 6.07) is 14.4. The zero-order valence-corrected chi connectivity index (χ0v) is 16.3. The average molecular weight is 400 g/mol. The van der Waals surface area contributed by atoms with Gasteiger partial charge in [-0.05, 0) is 36.4 Å². The Balaban J connectivity index is 1.22. The first-order valence-corrected chi connectivity index (χ1v) is 9.78. The Kier molecular flexibility index (Phi) is 5.62. The van der Waals surface area contributed by atoms with Crippen LogP contribution in [0.1, 0.15) is 20.7 Å². The monoisotopic (exact) mass is 399 g/mol. The Labute approximate surface area is 169 Å². The largest absolute Gasteiger partial charge is 0.492 e. The number of fused-ring (bicyclic) bond motifs is 1. The Morgan fingerprint density at radius 2 is 1.39 bits per heavy atom. The zero-order valence-electron chi connectivity index (χ0n) is 15.5. The van der Waals surface area contributed by atoms with E-state index in [-0.39, 0.29) is 11.8 Å². The molecule has 2 amide bonds. The minimum atomic E-state index is -0.195. The van der Waals surface area contributed by atoms with E-state index in [4.69, 9.17) is 16.3 Å². The van der Waals surface area contributed by atoms with Gasteiger partial charge in [-0.25, -0.2) is 0 Å². The van der Waals surface area contributed by atoms with Crippen molar-refractivity contribution in [1.29, 1.82) is 0 Å². The number of carbonyl (C=O) groups is 2. The molecule has 2 aliphatic heterocycles. The predicted molar refractivity (Wildman–Crippen MR) is 107 cm³/mol. The zero-order chi connectivity index (χ0) is 19.5. The van der Waals surface area contributed by atoms with Gasteiger partial charge in [-0.2, -0.15) is 0 Å². The lowest BCUT2D eigenvalue weighted by atomic mass is 10.1. The van der Waals surface area contributed by atoms with Crippen molar-refractivity contribution in [2.75, 3.05) is 46.0 Å². The summed E-state index contributed by atoms with van der Waals surface area (Å²) in [4.78, 5) is 30.8. The van der Waals surface area contributed by atoms with Crippen molar-refractivity contribution >= 4 is 23.4 Å². The molecule has 6 nitrogen and oxygen atoms in total. The molecule has 0 unspecified atom stereocenters. The Hall–Kier alpha value is -2.41. The van der Waals surface area contributed by atoms with E-state index in [0.29, 0.717) is 29.4 Å². The third-order valence-electron chi connectivity index (χ3n) is 5.17. The lowest BCUT2D eigenvalue weighted by Gasteiger charge is -2.36. The maximum atomic E-state index is 12.5. The molecule has 0 saturated carbocycles. The van der Waals surface area contributed by atoms with Crippen LogP contribution < -0.4 is 4.74 Å². The SMILES string of the molecule is O=C1c2ccccc2C(=O)N1CN1CCN(CCOc2ccc(Cl)cc2)CC1. The molecule has 0 N–H and O–H groups in total. The van der Waals surface area contributed by atoms with Crippen molar-refractivity contribution < 1.29 is 14.3 Å². The third-order valence-corrected chi connectivity index (χ3v) is 5.43. The van der Waals surface area contributed by atoms with E-state index in [1.807, 2.05) is 24.3 Å². The Bertz CT molecular complexity index is 828. The number of ether oxygens (including phenoxy) is 1. The van der Waals surface area contributed by atoms with E-state index >= 15 is 0 Å². The molecule has 4 rings (SSSR count). The number of rotatable bonds is 6. The first-order valence-electron chi connectivity index (χ1n) is 9.40. The number of imide groups is 1. The maximum Gasteiger partial charge on any atom is 0.262 e. The molecule has 2 heterocycles. The minimum absolute atomic E-state index is 0.195. The molecule has 0 spiro atoms. The summed E-state index contributed by atoms with van der Waals surface area (Å²) in [5, 5.41) is 0.696. The molecule has 0 atom stereocenters. The molecular weight excluding hydrogens is 378 g/mol. The second kappa shape index (κ2) is 8.31. The number of halogens is 1. The van der Waals surface area contributed by atoms with Crippen LogP contribution in [0, 0.1) is 0 Å². The van der Waals surface area contributed by atoms with Gasteiger partial charge in [0.15, 0.2) is 0 Å². The van der Waals surface area contributed by atoms with Crippen LogP contribution in [0.5, 0.6) is 5.75 Å². The lowest BCUT2D eigenvalue weighted by Crippen LogP contribution is -2.51. The number of amides is 2. The van der Waals surface area contributed by atoms with Gasteiger partial charge in [0.2, 0.25) is 0 Å². The summed E-state index contributed by atoms with van der Waals surface area (Å²) in [7, 11) is 0. The van der Waals surface area contributed by atoms with E-state index in [0.717, 1.165) is 38.5 Å². The molecule has 146 valence electrons. The van der Waals surface area contributed by atoms with Crippen LogP contribution in [0.3, 0.4) is 0 Å². The molecule has 28 heavy (non-hydrogen) atoms. The van der Waals surface area contributed by atoms with E-state index in [1.165, 1.54) is 4.90 Å². The highest BCUT2D eigenvalue weighted by Gasteiger charge is 2.36. The summed E-state index contributed by atoms with van der Waals surface area (Å²) in [5.41, 5.74) is 1.01. The van der Waals surface area contributed by atoms with Gasteiger partial charge >= 0.3 is 0 Å². The number of nitrogens with zero attached hydrogens (tertiary/aromatic N) is 3. The van der Waals surface area contributed by atoms with Gasteiger partial charge in [-0.15, -0.1) is 0 Å². The fourth-order valence-electron chi connectivity index (χ4n) is 3.55. The second-order valence-corrected chi connectivity index (χ2v) is 7.42.